The van der Waals surface area contributed by atoms with E-state index in [4.69, 9.17) is 9.47 Å². The Hall–Kier alpha value is -3.69. The van der Waals surface area contributed by atoms with Gasteiger partial charge in [-0.1, -0.05) is 12.1 Å². The van der Waals surface area contributed by atoms with E-state index in [2.05, 4.69) is 9.97 Å². The molecule has 0 saturated carbocycles. The van der Waals surface area contributed by atoms with Crippen LogP contribution in [-0.2, 0) is 14.3 Å². The van der Waals surface area contributed by atoms with Crippen molar-refractivity contribution in [1.82, 2.24) is 19.4 Å². The van der Waals surface area contributed by atoms with E-state index in [-0.39, 0.29) is 24.2 Å². The number of carboxylic acids is 1. The van der Waals surface area contributed by atoms with Gasteiger partial charge in [0.15, 0.2) is 0 Å². The van der Waals surface area contributed by atoms with Gasteiger partial charge in [0, 0.05) is 18.4 Å². The fourth-order valence-corrected chi connectivity index (χ4v) is 2.95. The predicted octanol–water partition coefficient (Wildman–Crippen LogP) is 5.00. The van der Waals surface area contributed by atoms with E-state index in [1.54, 1.807) is 58.4 Å². The van der Waals surface area contributed by atoms with Gasteiger partial charge in [0.2, 0.25) is 0 Å². The number of nitrogens with zero attached hydrogens (tertiary/aromatic N) is 4. The highest BCUT2D eigenvalue weighted by atomic mass is 16.6. The lowest BCUT2D eigenvalue weighted by atomic mass is 10.1. The molecule has 0 saturated heterocycles. The van der Waals surface area contributed by atoms with Crippen LogP contribution in [0.2, 0.25) is 0 Å². The van der Waals surface area contributed by atoms with Gasteiger partial charge < -0.3 is 14.6 Å². The molecule has 0 fully saturated rings. The second-order valence-electron chi connectivity index (χ2n) is 9.98. The van der Waals surface area contributed by atoms with Crippen LogP contribution < -0.4 is 0 Å². The number of unbranched alkanes of at least 4 members (excludes halogenated alkanes) is 1. The number of carboxylic acid groups (broad SMARTS) is 1. The van der Waals surface area contributed by atoms with Crippen LogP contribution in [0.15, 0.2) is 36.8 Å². The maximum atomic E-state index is 12.6. The first-order valence-corrected chi connectivity index (χ1v) is 11.3. The number of aryl methyl sites for hydroxylation is 1. The first-order chi connectivity index (χ1) is 16.2. The SMILES string of the molecule is Cc1cccc(-n2cnc(C(=CCCCN(C(=O)OC(C)(C)C)C(=O)OC(C)(C)C)C(=O)O)c2)n1. The largest absolute Gasteiger partial charge is 0.478 e. The van der Waals surface area contributed by atoms with Gasteiger partial charge >= 0.3 is 18.2 Å². The number of hydrogen-bond acceptors (Lipinski definition) is 7. The molecule has 190 valence electrons. The van der Waals surface area contributed by atoms with Crippen LogP contribution in [0.1, 0.15) is 65.8 Å². The second kappa shape index (κ2) is 11.2. The molecule has 0 aromatic carbocycles. The van der Waals surface area contributed by atoms with Crippen LogP contribution in [-0.4, -0.2) is 60.4 Å². The standard InChI is InChI=1S/C25H34N4O6/c1-17-11-10-13-20(27-17)28-15-19(26-16-28)18(21(30)31)12-8-9-14-29(22(32)34-24(2,3)4)23(33)35-25(5,6)7/h10-13,15-16H,8-9,14H2,1-7H3,(H,30,31). The molecule has 0 aliphatic rings. The summed E-state index contributed by atoms with van der Waals surface area (Å²) in [6.07, 6.45) is 3.54. The Kier molecular flexibility index (Phi) is 8.78. The van der Waals surface area contributed by atoms with Crippen molar-refractivity contribution in [3.8, 4) is 5.82 Å². The van der Waals surface area contributed by atoms with Crippen LogP contribution in [0.25, 0.3) is 11.4 Å². The van der Waals surface area contributed by atoms with Crippen LogP contribution >= 0.6 is 0 Å². The van der Waals surface area contributed by atoms with E-state index < -0.39 is 29.4 Å². The number of imide groups is 1. The molecule has 0 atom stereocenters. The quantitative estimate of drug-likeness (QED) is 0.428. The number of ether oxygens (including phenoxy) is 2. The summed E-state index contributed by atoms with van der Waals surface area (Å²) in [5.74, 6) is -0.512. The summed E-state index contributed by atoms with van der Waals surface area (Å²) >= 11 is 0. The van der Waals surface area contributed by atoms with E-state index in [9.17, 15) is 19.5 Å². The molecule has 2 heterocycles. The topological polar surface area (TPSA) is 124 Å². The number of carbonyl (C=O) groups excluding carboxylic acids is 2. The van der Waals surface area contributed by atoms with E-state index in [1.165, 1.54) is 12.4 Å². The highest BCUT2D eigenvalue weighted by molar-refractivity contribution is 6.14. The Morgan fingerprint density at radius 2 is 1.66 bits per heavy atom. The molecule has 0 bridgehead atoms. The van der Waals surface area contributed by atoms with Gasteiger partial charge in [0.1, 0.15) is 23.3 Å². The molecule has 0 aliphatic carbocycles. The molecular formula is C25H34N4O6. The van der Waals surface area contributed by atoms with Crippen LogP contribution in [0.3, 0.4) is 0 Å². The van der Waals surface area contributed by atoms with Crippen molar-refractivity contribution in [3.05, 3.63) is 48.2 Å². The van der Waals surface area contributed by atoms with Crippen molar-refractivity contribution in [3.63, 3.8) is 0 Å². The number of aromatic nitrogens is 3. The van der Waals surface area contributed by atoms with E-state index in [1.807, 2.05) is 19.1 Å². The molecule has 2 aromatic heterocycles. The average molecular weight is 487 g/mol. The number of imidazole rings is 1. The fraction of sp³-hybridized carbons (Fsp3) is 0.480. The second-order valence-corrected chi connectivity index (χ2v) is 9.98. The van der Waals surface area contributed by atoms with Gasteiger partial charge in [-0.25, -0.2) is 29.3 Å². The summed E-state index contributed by atoms with van der Waals surface area (Å²) in [4.78, 5) is 46.5. The average Bonchev–Trinajstić information content (AvgIpc) is 3.17. The van der Waals surface area contributed by atoms with Crippen molar-refractivity contribution < 1.29 is 29.0 Å². The third kappa shape index (κ3) is 8.88. The molecule has 2 aromatic rings. The molecule has 1 N–H and O–H groups in total. The van der Waals surface area contributed by atoms with Crippen molar-refractivity contribution in [2.24, 2.45) is 0 Å². The maximum Gasteiger partial charge on any atom is 0.419 e. The number of amides is 2. The fourth-order valence-electron chi connectivity index (χ4n) is 2.95. The number of pyridine rings is 1. The Morgan fingerprint density at radius 3 is 2.17 bits per heavy atom. The predicted molar refractivity (Wildman–Crippen MR) is 130 cm³/mol. The van der Waals surface area contributed by atoms with Gasteiger partial charge in [0.25, 0.3) is 0 Å². The van der Waals surface area contributed by atoms with Gasteiger partial charge in [0.05, 0.1) is 11.3 Å². The summed E-state index contributed by atoms with van der Waals surface area (Å²) in [7, 11) is 0. The molecule has 10 heteroatoms. The number of aliphatic carboxylic acids is 1. The Bertz CT molecular complexity index is 1060. The Balaban J connectivity index is 2.14. The lowest BCUT2D eigenvalue weighted by molar-refractivity contribution is -0.130. The molecule has 35 heavy (non-hydrogen) atoms. The van der Waals surface area contributed by atoms with Crippen molar-refractivity contribution in [2.45, 2.75) is 72.5 Å². The van der Waals surface area contributed by atoms with Crippen LogP contribution in [0.4, 0.5) is 9.59 Å². The number of allylic oxidation sites excluding steroid dienone is 1. The summed E-state index contributed by atoms with van der Waals surface area (Å²) in [5.41, 5.74) is -0.474. The lowest BCUT2D eigenvalue weighted by Gasteiger charge is -2.28. The molecule has 0 spiro atoms. The van der Waals surface area contributed by atoms with Gasteiger partial charge in [-0.05, 0) is 73.4 Å². The molecule has 0 unspecified atom stereocenters. The summed E-state index contributed by atoms with van der Waals surface area (Å²) in [5, 5.41) is 9.70. The normalized spacial score (nSPS) is 12.3. The third-order valence-corrected chi connectivity index (χ3v) is 4.39. The zero-order valence-corrected chi connectivity index (χ0v) is 21.4. The van der Waals surface area contributed by atoms with Crippen molar-refractivity contribution in [1.29, 1.82) is 0 Å². The minimum atomic E-state index is -1.14. The summed E-state index contributed by atoms with van der Waals surface area (Å²) in [6.45, 7) is 12.1. The number of carbonyl (C=O) groups is 3. The molecule has 2 amide bonds. The molecular weight excluding hydrogens is 452 g/mol. The first kappa shape index (κ1) is 27.6. The smallest absolute Gasteiger partial charge is 0.419 e. The summed E-state index contributed by atoms with van der Waals surface area (Å²) in [6, 6.07) is 5.51. The number of rotatable bonds is 7. The maximum absolute atomic E-state index is 12.6. The van der Waals surface area contributed by atoms with Crippen LogP contribution in [0.5, 0.6) is 0 Å². The lowest BCUT2D eigenvalue weighted by Crippen LogP contribution is -2.44. The third-order valence-electron chi connectivity index (χ3n) is 4.39. The first-order valence-electron chi connectivity index (χ1n) is 11.3. The molecule has 10 nitrogen and oxygen atoms in total. The summed E-state index contributed by atoms with van der Waals surface area (Å²) < 4.78 is 12.3. The van der Waals surface area contributed by atoms with E-state index in [0.717, 1.165) is 10.6 Å². The van der Waals surface area contributed by atoms with E-state index >= 15 is 0 Å². The highest BCUT2D eigenvalue weighted by Crippen LogP contribution is 2.18. The van der Waals surface area contributed by atoms with Crippen molar-refractivity contribution in [2.75, 3.05) is 6.54 Å². The minimum Gasteiger partial charge on any atom is -0.478 e. The van der Waals surface area contributed by atoms with E-state index in [0.29, 0.717) is 12.2 Å². The number of hydrogen-bond donors (Lipinski definition) is 1. The molecule has 0 radical (unpaired) electrons. The monoisotopic (exact) mass is 486 g/mol. The van der Waals surface area contributed by atoms with Gasteiger partial charge in [-0.15, -0.1) is 0 Å². The minimum absolute atomic E-state index is 0.00508. The Labute approximate surface area is 205 Å². The zero-order chi connectivity index (χ0) is 26.4. The van der Waals surface area contributed by atoms with Gasteiger partial charge in [-0.2, -0.15) is 0 Å². The molecule has 2 rings (SSSR count). The zero-order valence-electron chi connectivity index (χ0n) is 21.4. The molecule has 0 aliphatic heterocycles. The van der Waals surface area contributed by atoms with Crippen molar-refractivity contribution >= 4 is 23.7 Å². The Morgan fingerprint density at radius 1 is 1.06 bits per heavy atom. The van der Waals surface area contributed by atoms with Crippen LogP contribution in [0, 0.1) is 6.92 Å². The van der Waals surface area contributed by atoms with Gasteiger partial charge in [-0.3, -0.25) is 4.57 Å². The highest BCUT2D eigenvalue weighted by Gasteiger charge is 2.30.